The first kappa shape index (κ1) is 10.4. The van der Waals surface area contributed by atoms with Crippen molar-refractivity contribution in [3.63, 3.8) is 0 Å². The molecule has 1 rings (SSSR count). The first-order valence-corrected chi connectivity index (χ1v) is 4.17. The van der Waals surface area contributed by atoms with Gasteiger partial charge in [0.25, 0.3) is 0 Å². The fraction of sp³-hybridized carbons (Fsp3) is 0.444. The molecule has 0 unspecified atom stereocenters. The summed E-state index contributed by atoms with van der Waals surface area (Å²) >= 11 is 0. The molecule has 0 aliphatic rings. The van der Waals surface area contributed by atoms with Crippen LogP contribution in [0.1, 0.15) is 31.3 Å². The van der Waals surface area contributed by atoms with Gasteiger partial charge in [-0.15, -0.1) is 0 Å². The molecule has 0 aliphatic heterocycles. The average Bonchev–Trinajstić information content (AvgIpc) is 2.01. The molecule has 1 N–H and O–H groups in total. The van der Waals surface area contributed by atoms with E-state index in [0.717, 1.165) is 0 Å². The van der Waals surface area contributed by atoms with Gasteiger partial charge in [0, 0.05) is 12.3 Å². The predicted molar refractivity (Wildman–Crippen MR) is 50.0 cm³/mol. The molecule has 0 amide bonds. The maximum absolute atomic E-state index is 11.4. The topological polar surface area (TPSA) is 72.0 Å². The maximum Gasteiger partial charge on any atom is 0.363 e. The molecule has 0 fully saturated rings. The number of hydrogen-bond donors (Lipinski definition) is 1. The lowest BCUT2D eigenvalue weighted by Gasteiger charge is -2.18. The van der Waals surface area contributed by atoms with Crippen molar-refractivity contribution in [2.75, 3.05) is 0 Å². The van der Waals surface area contributed by atoms with Gasteiger partial charge < -0.3 is 4.74 Å². The summed E-state index contributed by atoms with van der Waals surface area (Å²) in [5.74, 6) is -0.709. The Morgan fingerprint density at radius 1 is 1.50 bits per heavy atom. The van der Waals surface area contributed by atoms with Crippen LogP contribution in [0.3, 0.4) is 0 Å². The van der Waals surface area contributed by atoms with Gasteiger partial charge in [-0.2, -0.15) is 5.10 Å². The summed E-state index contributed by atoms with van der Waals surface area (Å²) in [5.41, 5.74) is -1.29. The predicted octanol–water partition coefficient (Wildman–Crippen LogP) is 0.725. The average molecular weight is 196 g/mol. The van der Waals surface area contributed by atoms with Crippen molar-refractivity contribution in [1.29, 1.82) is 0 Å². The molecule has 5 nitrogen and oxygen atoms in total. The summed E-state index contributed by atoms with van der Waals surface area (Å²) in [6, 6.07) is 1.23. The number of hydrogen-bond acceptors (Lipinski definition) is 4. The summed E-state index contributed by atoms with van der Waals surface area (Å²) < 4.78 is 4.98. The highest BCUT2D eigenvalue weighted by molar-refractivity contribution is 5.87. The van der Waals surface area contributed by atoms with Crippen LogP contribution >= 0.6 is 0 Å². The highest BCUT2D eigenvalue weighted by Gasteiger charge is 2.20. The van der Waals surface area contributed by atoms with Gasteiger partial charge >= 0.3 is 5.97 Å². The fourth-order valence-corrected chi connectivity index (χ4v) is 0.821. The third-order valence-corrected chi connectivity index (χ3v) is 1.31. The summed E-state index contributed by atoms with van der Waals surface area (Å²) in [7, 11) is 0. The van der Waals surface area contributed by atoms with Crippen LogP contribution in [0, 0.1) is 0 Å². The molecule has 0 saturated heterocycles. The lowest BCUT2D eigenvalue weighted by molar-refractivity contribution is 0.00600. The molecule has 1 heterocycles. The Morgan fingerprint density at radius 2 is 2.14 bits per heavy atom. The minimum Gasteiger partial charge on any atom is -0.455 e. The van der Waals surface area contributed by atoms with Gasteiger partial charge in [-0.25, -0.2) is 4.79 Å². The number of rotatable bonds is 1. The van der Waals surface area contributed by atoms with E-state index in [-0.39, 0.29) is 5.69 Å². The molecule has 0 bridgehead atoms. The molecule has 0 aliphatic carbocycles. The zero-order chi connectivity index (χ0) is 10.8. The lowest BCUT2D eigenvalue weighted by atomic mass is 10.2. The molecule has 0 aromatic carbocycles. The number of H-pyrrole nitrogens is 1. The fourth-order valence-electron chi connectivity index (χ4n) is 0.821. The second kappa shape index (κ2) is 3.61. The number of aromatic nitrogens is 2. The SMILES string of the molecule is CC(C)(C)OC(=O)c1n[nH]ccc1=O. The molecule has 76 valence electrons. The second-order valence-corrected chi connectivity index (χ2v) is 3.79. The molecule has 0 radical (unpaired) electrons. The van der Waals surface area contributed by atoms with Crippen LogP contribution in [0.4, 0.5) is 0 Å². The molecule has 1 aromatic heterocycles. The Kier molecular flexibility index (Phi) is 2.69. The van der Waals surface area contributed by atoms with Crippen molar-refractivity contribution < 1.29 is 9.53 Å². The molecule has 0 atom stereocenters. The van der Waals surface area contributed by atoms with Gasteiger partial charge in [-0.1, -0.05) is 0 Å². The number of nitrogens with one attached hydrogen (secondary N) is 1. The van der Waals surface area contributed by atoms with Crippen LogP contribution in [0.15, 0.2) is 17.1 Å². The second-order valence-electron chi connectivity index (χ2n) is 3.79. The number of nitrogens with zero attached hydrogens (tertiary/aromatic N) is 1. The van der Waals surface area contributed by atoms with Gasteiger partial charge in [-0.3, -0.25) is 9.89 Å². The van der Waals surface area contributed by atoms with Gasteiger partial charge in [-0.05, 0) is 20.8 Å². The van der Waals surface area contributed by atoms with Crippen LogP contribution in [0.2, 0.25) is 0 Å². The van der Waals surface area contributed by atoms with Gasteiger partial charge in [0.1, 0.15) is 5.60 Å². The summed E-state index contributed by atoms with van der Waals surface area (Å²) in [6.45, 7) is 5.17. The summed E-state index contributed by atoms with van der Waals surface area (Å²) in [5, 5.41) is 5.97. The van der Waals surface area contributed by atoms with E-state index in [9.17, 15) is 9.59 Å². The highest BCUT2D eigenvalue weighted by atomic mass is 16.6. The monoisotopic (exact) mass is 196 g/mol. The van der Waals surface area contributed by atoms with E-state index >= 15 is 0 Å². The molecular weight excluding hydrogens is 184 g/mol. The first-order chi connectivity index (χ1) is 6.40. The third-order valence-electron chi connectivity index (χ3n) is 1.31. The van der Waals surface area contributed by atoms with Crippen molar-refractivity contribution in [3.05, 3.63) is 28.2 Å². The molecule has 0 spiro atoms. The smallest absolute Gasteiger partial charge is 0.363 e. The van der Waals surface area contributed by atoms with Crippen LogP contribution in [-0.4, -0.2) is 21.8 Å². The summed E-state index contributed by atoms with van der Waals surface area (Å²) in [4.78, 5) is 22.5. The van der Waals surface area contributed by atoms with Gasteiger partial charge in [0.05, 0.1) is 0 Å². The van der Waals surface area contributed by atoms with Crippen molar-refractivity contribution in [3.8, 4) is 0 Å². The number of ether oxygens (including phenoxy) is 1. The molecule has 14 heavy (non-hydrogen) atoms. The Bertz CT molecular complexity index is 390. The van der Waals surface area contributed by atoms with Gasteiger partial charge in [0.15, 0.2) is 0 Å². The van der Waals surface area contributed by atoms with Crippen LogP contribution in [0.5, 0.6) is 0 Å². The standard InChI is InChI=1S/C9H12N2O3/c1-9(2,3)14-8(13)7-6(12)4-5-10-11-7/h4-5H,1-3H3,(H,10,12). The van der Waals surface area contributed by atoms with Crippen molar-refractivity contribution in [2.45, 2.75) is 26.4 Å². The van der Waals surface area contributed by atoms with E-state index < -0.39 is 17.0 Å². The quantitative estimate of drug-likeness (QED) is 0.672. The van der Waals surface area contributed by atoms with Crippen LogP contribution < -0.4 is 5.43 Å². The van der Waals surface area contributed by atoms with E-state index in [0.29, 0.717) is 0 Å². The van der Waals surface area contributed by atoms with E-state index in [1.165, 1.54) is 12.3 Å². The first-order valence-electron chi connectivity index (χ1n) is 4.17. The lowest BCUT2D eigenvalue weighted by Crippen LogP contribution is -2.28. The molecule has 1 aromatic rings. The van der Waals surface area contributed by atoms with Crippen LogP contribution in [0.25, 0.3) is 0 Å². The molecule has 5 heteroatoms. The molecular formula is C9H12N2O3. The van der Waals surface area contributed by atoms with E-state index in [1.807, 2.05) is 0 Å². The third kappa shape index (κ3) is 2.69. The Morgan fingerprint density at radius 3 is 2.64 bits per heavy atom. The Balaban J connectivity index is 2.92. The van der Waals surface area contributed by atoms with Crippen molar-refractivity contribution in [2.24, 2.45) is 0 Å². The maximum atomic E-state index is 11.4. The van der Waals surface area contributed by atoms with Crippen molar-refractivity contribution >= 4 is 5.97 Å². The number of carbonyl (C=O) groups excluding carboxylic acids is 1. The highest BCUT2D eigenvalue weighted by Crippen LogP contribution is 2.08. The summed E-state index contributed by atoms with van der Waals surface area (Å²) in [6.07, 6.45) is 1.36. The minimum atomic E-state index is -0.709. The number of aromatic amines is 1. The van der Waals surface area contributed by atoms with E-state index in [1.54, 1.807) is 20.8 Å². The largest absolute Gasteiger partial charge is 0.455 e. The van der Waals surface area contributed by atoms with Crippen molar-refractivity contribution in [1.82, 2.24) is 10.2 Å². The zero-order valence-electron chi connectivity index (χ0n) is 8.33. The number of esters is 1. The van der Waals surface area contributed by atoms with Gasteiger partial charge in [0.2, 0.25) is 11.1 Å². The Labute approximate surface area is 81.1 Å². The minimum absolute atomic E-state index is 0.220. The van der Waals surface area contributed by atoms with Crippen LogP contribution in [-0.2, 0) is 4.74 Å². The zero-order valence-corrected chi connectivity index (χ0v) is 8.33. The normalized spacial score (nSPS) is 11.1. The van der Waals surface area contributed by atoms with E-state index in [2.05, 4.69) is 10.2 Å². The molecule has 0 saturated carbocycles. The van der Waals surface area contributed by atoms with E-state index in [4.69, 9.17) is 4.74 Å². The Hall–Kier alpha value is -1.65. The number of carbonyl (C=O) groups is 1.